The van der Waals surface area contributed by atoms with Gasteiger partial charge in [-0.2, -0.15) is 0 Å². The first-order chi connectivity index (χ1) is 8.85. The van der Waals surface area contributed by atoms with Crippen LogP contribution in [0.4, 0.5) is 10.1 Å². The van der Waals surface area contributed by atoms with Crippen LogP contribution in [0.5, 0.6) is 5.75 Å². The predicted octanol–water partition coefficient (Wildman–Crippen LogP) is 0.466. The quantitative estimate of drug-likeness (QED) is 0.661. The van der Waals surface area contributed by atoms with Crippen LogP contribution < -0.4 is 15.2 Å². The number of hydrogen-bond acceptors (Lipinski definition) is 5. The number of nitrogens with one attached hydrogen (secondary N) is 1. The second-order valence-corrected chi connectivity index (χ2v) is 5.65. The SMILES string of the molecule is CC[C@@H](CO)NS(=O)(=O)c1cc(N)c(OC)c(F)c1. The first-order valence-corrected chi connectivity index (χ1v) is 7.10. The Labute approximate surface area is 111 Å². The minimum absolute atomic E-state index is 0.111. The lowest BCUT2D eigenvalue weighted by molar-refractivity contribution is 0.254. The molecule has 19 heavy (non-hydrogen) atoms. The average Bonchev–Trinajstić information content (AvgIpc) is 2.35. The van der Waals surface area contributed by atoms with Crippen LogP contribution in [0.15, 0.2) is 17.0 Å². The fourth-order valence-corrected chi connectivity index (χ4v) is 2.85. The van der Waals surface area contributed by atoms with E-state index in [0.29, 0.717) is 6.42 Å². The Morgan fingerprint density at radius 1 is 1.53 bits per heavy atom. The number of halogens is 1. The largest absolute Gasteiger partial charge is 0.492 e. The Hall–Kier alpha value is -1.38. The highest BCUT2D eigenvalue weighted by molar-refractivity contribution is 7.89. The molecule has 0 unspecified atom stereocenters. The van der Waals surface area contributed by atoms with Crippen molar-refractivity contribution in [2.45, 2.75) is 24.3 Å². The summed E-state index contributed by atoms with van der Waals surface area (Å²) in [4.78, 5) is -0.310. The fourth-order valence-electron chi connectivity index (χ4n) is 1.50. The van der Waals surface area contributed by atoms with Crippen molar-refractivity contribution in [2.75, 3.05) is 19.5 Å². The number of nitrogens with two attached hydrogens (primary N) is 1. The van der Waals surface area contributed by atoms with Gasteiger partial charge >= 0.3 is 0 Å². The van der Waals surface area contributed by atoms with Gasteiger partial charge in [0.1, 0.15) is 0 Å². The second kappa shape index (κ2) is 6.18. The highest BCUT2D eigenvalue weighted by Crippen LogP contribution is 2.28. The van der Waals surface area contributed by atoms with E-state index in [2.05, 4.69) is 4.72 Å². The van der Waals surface area contributed by atoms with Crippen LogP contribution in [0.1, 0.15) is 13.3 Å². The third-order valence-corrected chi connectivity index (χ3v) is 4.10. The Balaban J connectivity index is 3.16. The Morgan fingerprint density at radius 3 is 2.58 bits per heavy atom. The van der Waals surface area contributed by atoms with Crippen molar-refractivity contribution < 1.29 is 22.7 Å². The van der Waals surface area contributed by atoms with Gasteiger partial charge in [-0.25, -0.2) is 17.5 Å². The van der Waals surface area contributed by atoms with Crippen LogP contribution in [0.3, 0.4) is 0 Å². The van der Waals surface area contributed by atoms with Crippen LogP contribution in [0, 0.1) is 5.82 Å². The van der Waals surface area contributed by atoms with Crippen LogP contribution in [0.2, 0.25) is 0 Å². The predicted molar refractivity (Wildman–Crippen MR) is 68.9 cm³/mol. The summed E-state index contributed by atoms with van der Waals surface area (Å²) in [6, 6.07) is 1.30. The van der Waals surface area contributed by atoms with Gasteiger partial charge < -0.3 is 15.6 Å². The number of ether oxygens (including phenoxy) is 1. The lowest BCUT2D eigenvalue weighted by Crippen LogP contribution is -2.37. The summed E-state index contributed by atoms with van der Waals surface area (Å²) >= 11 is 0. The lowest BCUT2D eigenvalue weighted by atomic mass is 10.3. The maximum atomic E-state index is 13.6. The van der Waals surface area contributed by atoms with Crippen molar-refractivity contribution in [3.8, 4) is 5.75 Å². The van der Waals surface area contributed by atoms with Crippen molar-refractivity contribution in [3.05, 3.63) is 17.9 Å². The molecule has 0 aliphatic rings. The molecule has 8 heteroatoms. The standard InChI is InChI=1S/C11H17FN2O4S/c1-3-7(6-15)14-19(16,17)8-4-9(12)11(18-2)10(13)5-8/h4-5,7,14-15H,3,6,13H2,1-2H3/t7-/m0/s1. The van der Waals surface area contributed by atoms with Crippen molar-refractivity contribution in [2.24, 2.45) is 0 Å². The van der Waals surface area contributed by atoms with Crippen molar-refractivity contribution in [1.82, 2.24) is 4.72 Å². The normalized spacial score (nSPS) is 13.3. The van der Waals surface area contributed by atoms with Gasteiger partial charge in [-0.1, -0.05) is 6.92 Å². The number of nitrogen functional groups attached to an aromatic ring is 1. The van der Waals surface area contributed by atoms with Gasteiger partial charge in [0.05, 0.1) is 24.3 Å². The summed E-state index contributed by atoms with van der Waals surface area (Å²) in [6.45, 7) is 1.37. The van der Waals surface area contributed by atoms with Gasteiger partial charge in [0, 0.05) is 6.04 Å². The molecule has 6 nitrogen and oxygen atoms in total. The van der Waals surface area contributed by atoms with E-state index in [-0.39, 0.29) is 22.9 Å². The molecule has 1 rings (SSSR count). The summed E-state index contributed by atoms with van der Waals surface area (Å²) in [7, 11) is -2.70. The van der Waals surface area contributed by atoms with Crippen LogP contribution >= 0.6 is 0 Å². The number of methoxy groups -OCH3 is 1. The molecule has 0 heterocycles. The molecular weight excluding hydrogens is 275 g/mol. The summed E-state index contributed by atoms with van der Waals surface area (Å²) in [5.74, 6) is -1.06. The van der Waals surface area contributed by atoms with Gasteiger partial charge in [-0.15, -0.1) is 0 Å². The van der Waals surface area contributed by atoms with Gasteiger partial charge in [0.15, 0.2) is 11.6 Å². The third-order valence-electron chi connectivity index (χ3n) is 2.60. The van der Waals surface area contributed by atoms with Crippen LogP contribution in [-0.2, 0) is 10.0 Å². The van der Waals surface area contributed by atoms with E-state index in [0.717, 1.165) is 12.1 Å². The van der Waals surface area contributed by atoms with Gasteiger partial charge in [-0.3, -0.25) is 0 Å². The van der Waals surface area contributed by atoms with Crippen molar-refractivity contribution >= 4 is 15.7 Å². The highest BCUT2D eigenvalue weighted by atomic mass is 32.2. The maximum absolute atomic E-state index is 13.6. The molecule has 0 saturated carbocycles. The van der Waals surface area contributed by atoms with Crippen molar-refractivity contribution in [3.63, 3.8) is 0 Å². The first kappa shape index (κ1) is 15.7. The summed E-state index contributed by atoms with van der Waals surface area (Å²) in [5.41, 5.74) is 5.41. The molecule has 0 amide bonds. The lowest BCUT2D eigenvalue weighted by Gasteiger charge is -2.15. The zero-order valence-electron chi connectivity index (χ0n) is 10.7. The Morgan fingerprint density at radius 2 is 2.16 bits per heavy atom. The van der Waals surface area contributed by atoms with E-state index < -0.39 is 21.9 Å². The summed E-state index contributed by atoms with van der Waals surface area (Å²) in [5, 5.41) is 8.98. The van der Waals surface area contributed by atoms with Crippen molar-refractivity contribution in [1.29, 1.82) is 0 Å². The number of aliphatic hydroxyl groups excluding tert-OH is 1. The summed E-state index contributed by atoms with van der Waals surface area (Å²) < 4.78 is 44.5. The van der Waals surface area contributed by atoms with E-state index in [1.807, 2.05) is 0 Å². The topological polar surface area (TPSA) is 102 Å². The molecule has 1 atom stereocenters. The molecule has 0 aromatic heterocycles. The molecule has 0 bridgehead atoms. The number of hydrogen-bond donors (Lipinski definition) is 3. The van der Waals surface area contributed by atoms with E-state index in [1.54, 1.807) is 6.92 Å². The highest BCUT2D eigenvalue weighted by Gasteiger charge is 2.21. The number of aliphatic hydroxyl groups is 1. The smallest absolute Gasteiger partial charge is 0.241 e. The number of rotatable bonds is 6. The number of benzene rings is 1. The molecule has 0 radical (unpaired) electrons. The molecule has 108 valence electrons. The molecule has 0 saturated heterocycles. The van der Waals surface area contributed by atoms with E-state index in [9.17, 15) is 12.8 Å². The fraction of sp³-hybridized carbons (Fsp3) is 0.455. The third kappa shape index (κ3) is 3.55. The maximum Gasteiger partial charge on any atom is 0.241 e. The molecule has 0 aliphatic carbocycles. The van der Waals surface area contributed by atoms with E-state index in [1.165, 1.54) is 7.11 Å². The Kier molecular flexibility index (Phi) is 5.10. The molecule has 0 spiro atoms. The summed E-state index contributed by atoms with van der Waals surface area (Å²) in [6.07, 6.45) is 0.407. The van der Waals surface area contributed by atoms with Gasteiger partial charge in [0.2, 0.25) is 10.0 Å². The second-order valence-electron chi connectivity index (χ2n) is 3.94. The number of sulfonamides is 1. The molecule has 4 N–H and O–H groups in total. The monoisotopic (exact) mass is 292 g/mol. The van der Waals surface area contributed by atoms with Crippen LogP contribution in [0.25, 0.3) is 0 Å². The molecule has 1 aromatic rings. The van der Waals surface area contributed by atoms with Gasteiger partial charge in [-0.05, 0) is 18.6 Å². The molecule has 0 aliphatic heterocycles. The zero-order chi connectivity index (χ0) is 14.6. The molecule has 1 aromatic carbocycles. The van der Waals surface area contributed by atoms with Gasteiger partial charge in [0.25, 0.3) is 0 Å². The van der Waals surface area contributed by atoms with E-state index in [4.69, 9.17) is 15.6 Å². The molecule has 0 fully saturated rings. The number of anilines is 1. The average molecular weight is 292 g/mol. The zero-order valence-corrected chi connectivity index (χ0v) is 11.5. The first-order valence-electron chi connectivity index (χ1n) is 5.61. The van der Waals surface area contributed by atoms with Crippen LogP contribution in [-0.4, -0.2) is 33.3 Å². The Bertz CT molecular complexity index is 521. The van der Waals surface area contributed by atoms with E-state index >= 15 is 0 Å². The minimum Gasteiger partial charge on any atom is -0.492 e. The molecular formula is C11H17FN2O4S. The minimum atomic E-state index is -3.94.